The molecule has 2 aromatic rings. The summed E-state index contributed by atoms with van der Waals surface area (Å²) in [4.78, 5) is 12.3. The molecule has 6 heteroatoms. The maximum Gasteiger partial charge on any atom is 0.225 e. The van der Waals surface area contributed by atoms with Gasteiger partial charge in [-0.25, -0.2) is 8.42 Å². The number of phenols is 1. The number of sulfone groups is 1. The molecule has 0 aliphatic heterocycles. The van der Waals surface area contributed by atoms with E-state index in [1.807, 2.05) is 37.3 Å². The Morgan fingerprint density at radius 2 is 1.83 bits per heavy atom. The molecular formula is C18H21NO4S. The van der Waals surface area contributed by atoms with E-state index in [4.69, 9.17) is 0 Å². The number of benzene rings is 2. The predicted octanol–water partition coefficient (Wildman–Crippen LogP) is 3.32. The van der Waals surface area contributed by atoms with Crippen molar-refractivity contribution in [2.24, 2.45) is 0 Å². The second kappa shape index (κ2) is 7.49. The minimum atomic E-state index is -3.40. The van der Waals surface area contributed by atoms with Gasteiger partial charge in [-0.3, -0.25) is 4.79 Å². The largest absolute Gasteiger partial charge is 0.506 e. The van der Waals surface area contributed by atoms with Crippen LogP contribution in [0.5, 0.6) is 5.75 Å². The molecule has 1 atom stereocenters. The van der Waals surface area contributed by atoms with Crippen LogP contribution in [0.15, 0.2) is 53.4 Å². The van der Waals surface area contributed by atoms with Crippen molar-refractivity contribution >= 4 is 21.4 Å². The van der Waals surface area contributed by atoms with Crippen molar-refractivity contribution in [1.29, 1.82) is 0 Å². The van der Waals surface area contributed by atoms with Crippen LogP contribution in [-0.4, -0.2) is 25.2 Å². The van der Waals surface area contributed by atoms with Crippen LogP contribution in [-0.2, 0) is 14.6 Å². The molecule has 2 aromatic carbocycles. The van der Waals surface area contributed by atoms with E-state index in [9.17, 15) is 18.3 Å². The normalized spacial score (nSPS) is 12.6. The number of aromatic hydroxyl groups is 1. The smallest absolute Gasteiger partial charge is 0.225 e. The number of phenolic OH excluding ortho intramolecular Hbond substituents is 1. The van der Waals surface area contributed by atoms with E-state index in [1.165, 1.54) is 18.2 Å². The molecule has 0 fully saturated rings. The first kappa shape index (κ1) is 18.0. The highest BCUT2D eigenvalue weighted by atomic mass is 32.2. The summed E-state index contributed by atoms with van der Waals surface area (Å²) in [5.41, 5.74) is 1.15. The molecule has 0 heterocycles. The van der Waals surface area contributed by atoms with Gasteiger partial charge in [0.05, 0.1) is 16.3 Å². The fraction of sp³-hybridized carbons (Fsp3) is 0.278. The van der Waals surface area contributed by atoms with E-state index in [0.29, 0.717) is 0 Å². The minimum absolute atomic E-state index is 0.0101. The van der Waals surface area contributed by atoms with Gasteiger partial charge in [0.2, 0.25) is 5.91 Å². The summed E-state index contributed by atoms with van der Waals surface area (Å²) < 4.78 is 23.8. The first-order valence-electron chi connectivity index (χ1n) is 7.74. The van der Waals surface area contributed by atoms with Crippen LogP contribution in [0.25, 0.3) is 0 Å². The topological polar surface area (TPSA) is 83.5 Å². The maximum absolute atomic E-state index is 12.2. The van der Waals surface area contributed by atoms with Crippen LogP contribution in [0.4, 0.5) is 5.69 Å². The molecule has 0 bridgehead atoms. The zero-order valence-corrected chi connectivity index (χ0v) is 14.5. The predicted molar refractivity (Wildman–Crippen MR) is 93.9 cm³/mol. The fourth-order valence-corrected chi connectivity index (χ4v) is 3.26. The third-order valence-electron chi connectivity index (χ3n) is 3.84. The average Bonchev–Trinajstić information content (AvgIpc) is 2.57. The Bertz CT molecular complexity index is 816. The summed E-state index contributed by atoms with van der Waals surface area (Å²) in [6, 6.07) is 13.5. The number of hydrogen-bond donors (Lipinski definition) is 2. The number of anilines is 1. The third-order valence-corrected chi connectivity index (χ3v) is 5.57. The SMILES string of the molecule is CCS(=O)(=O)c1ccc(O)c(NC(=O)CC(C)c2ccccc2)c1. The van der Waals surface area contributed by atoms with Gasteiger partial charge in [-0.05, 0) is 29.7 Å². The lowest BCUT2D eigenvalue weighted by Gasteiger charge is -2.13. The summed E-state index contributed by atoms with van der Waals surface area (Å²) in [5.74, 6) is -0.481. The molecule has 0 aromatic heterocycles. The van der Waals surface area contributed by atoms with Crippen molar-refractivity contribution in [1.82, 2.24) is 0 Å². The second-order valence-corrected chi connectivity index (χ2v) is 7.92. The molecule has 0 aliphatic carbocycles. The van der Waals surface area contributed by atoms with E-state index in [0.717, 1.165) is 5.56 Å². The molecule has 0 saturated carbocycles. The third kappa shape index (κ3) is 4.35. The Labute approximate surface area is 142 Å². The average molecular weight is 347 g/mol. The quantitative estimate of drug-likeness (QED) is 0.785. The first-order valence-corrected chi connectivity index (χ1v) is 9.39. The van der Waals surface area contributed by atoms with Crippen molar-refractivity contribution in [3.05, 3.63) is 54.1 Å². The van der Waals surface area contributed by atoms with Gasteiger partial charge in [0, 0.05) is 6.42 Å². The highest BCUT2D eigenvalue weighted by molar-refractivity contribution is 7.91. The van der Waals surface area contributed by atoms with Gasteiger partial charge in [-0.1, -0.05) is 44.2 Å². The number of carbonyl (C=O) groups is 1. The summed E-state index contributed by atoms with van der Waals surface area (Å²) in [5, 5.41) is 12.5. The highest BCUT2D eigenvalue weighted by Crippen LogP contribution is 2.28. The van der Waals surface area contributed by atoms with Crippen molar-refractivity contribution in [3.8, 4) is 5.75 Å². The van der Waals surface area contributed by atoms with Gasteiger partial charge in [0.15, 0.2) is 9.84 Å². The van der Waals surface area contributed by atoms with Gasteiger partial charge < -0.3 is 10.4 Å². The van der Waals surface area contributed by atoms with E-state index >= 15 is 0 Å². The Morgan fingerprint density at radius 1 is 1.17 bits per heavy atom. The van der Waals surface area contributed by atoms with Crippen molar-refractivity contribution < 1.29 is 18.3 Å². The van der Waals surface area contributed by atoms with Gasteiger partial charge in [0.1, 0.15) is 5.75 Å². The molecular weight excluding hydrogens is 326 g/mol. The molecule has 0 radical (unpaired) electrons. The summed E-state index contributed by atoms with van der Waals surface area (Å²) in [6.07, 6.45) is 0.230. The number of carbonyl (C=O) groups excluding carboxylic acids is 1. The molecule has 1 unspecified atom stereocenters. The van der Waals surface area contributed by atoms with Crippen molar-refractivity contribution in [2.75, 3.05) is 11.1 Å². The first-order chi connectivity index (χ1) is 11.3. The zero-order valence-electron chi connectivity index (χ0n) is 13.7. The fourth-order valence-electron chi connectivity index (χ4n) is 2.35. The molecule has 0 saturated heterocycles. The number of nitrogens with one attached hydrogen (secondary N) is 1. The van der Waals surface area contributed by atoms with E-state index in [1.54, 1.807) is 6.92 Å². The van der Waals surface area contributed by atoms with Crippen molar-refractivity contribution in [2.45, 2.75) is 31.1 Å². The van der Waals surface area contributed by atoms with Crippen LogP contribution in [0, 0.1) is 0 Å². The van der Waals surface area contributed by atoms with E-state index in [-0.39, 0.29) is 40.3 Å². The monoisotopic (exact) mass is 347 g/mol. The molecule has 0 spiro atoms. The number of amides is 1. The Hall–Kier alpha value is -2.34. The lowest BCUT2D eigenvalue weighted by molar-refractivity contribution is -0.116. The number of rotatable bonds is 6. The van der Waals surface area contributed by atoms with Crippen LogP contribution in [0.3, 0.4) is 0 Å². The lowest BCUT2D eigenvalue weighted by atomic mass is 9.97. The van der Waals surface area contributed by atoms with Crippen LogP contribution >= 0.6 is 0 Å². The molecule has 128 valence electrons. The van der Waals surface area contributed by atoms with Gasteiger partial charge in [-0.15, -0.1) is 0 Å². The minimum Gasteiger partial charge on any atom is -0.506 e. The van der Waals surface area contributed by atoms with Gasteiger partial charge in [0.25, 0.3) is 0 Å². The van der Waals surface area contributed by atoms with Crippen LogP contribution in [0.1, 0.15) is 31.7 Å². The standard InChI is InChI=1S/C18H21NO4S/c1-3-24(22,23)15-9-10-17(20)16(12-15)19-18(21)11-13(2)14-7-5-4-6-8-14/h4-10,12-13,20H,3,11H2,1-2H3,(H,19,21). The maximum atomic E-state index is 12.2. The summed E-state index contributed by atoms with van der Waals surface area (Å²) >= 11 is 0. The van der Waals surface area contributed by atoms with Crippen molar-refractivity contribution in [3.63, 3.8) is 0 Å². The lowest BCUT2D eigenvalue weighted by Crippen LogP contribution is -2.15. The van der Waals surface area contributed by atoms with E-state index in [2.05, 4.69) is 5.32 Å². The Balaban J connectivity index is 2.13. The number of hydrogen-bond acceptors (Lipinski definition) is 4. The van der Waals surface area contributed by atoms with Crippen LogP contribution < -0.4 is 5.32 Å². The van der Waals surface area contributed by atoms with Gasteiger partial charge in [-0.2, -0.15) is 0 Å². The van der Waals surface area contributed by atoms with Crippen LogP contribution in [0.2, 0.25) is 0 Å². The van der Waals surface area contributed by atoms with Gasteiger partial charge >= 0.3 is 0 Å². The second-order valence-electron chi connectivity index (χ2n) is 5.65. The molecule has 1 amide bonds. The summed E-state index contributed by atoms with van der Waals surface area (Å²) in [7, 11) is -3.40. The molecule has 0 aliphatic rings. The summed E-state index contributed by atoms with van der Waals surface area (Å²) in [6.45, 7) is 3.48. The molecule has 2 rings (SSSR count). The molecule has 24 heavy (non-hydrogen) atoms. The molecule has 2 N–H and O–H groups in total. The zero-order chi connectivity index (χ0) is 17.7. The Kier molecular flexibility index (Phi) is 5.62. The Morgan fingerprint density at radius 3 is 2.46 bits per heavy atom. The highest BCUT2D eigenvalue weighted by Gasteiger charge is 2.16. The molecule has 5 nitrogen and oxygen atoms in total. The van der Waals surface area contributed by atoms with E-state index < -0.39 is 9.84 Å².